The summed E-state index contributed by atoms with van der Waals surface area (Å²) in [6.45, 7) is 4.61. The fraction of sp³-hybridized carbons (Fsp3) is 0.889. The highest BCUT2D eigenvalue weighted by Crippen LogP contribution is 2.39. The molecular formula is C18H32. The van der Waals surface area contributed by atoms with Gasteiger partial charge in [-0.25, -0.2) is 0 Å². The van der Waals surface area contributed by atoms with Crippen LogP contribution in [0.3, 0.4) is 0 Å². The third-order valence-corrected chi connectivity index (χ3v) is 5.49. The highest BCUT2D eigenvalue weighted by atomic mass is 14.3. The van der Waals surface area contributed by atoms with Crippen LogP contribution in [-0.2, 0) is 0 Å². The molecule has 2 aliphatic carbocycles. The third kappa shape index (κ3) is 4.14. The molecule has 0 nitrogen and oxygen atoms in total. The molecule has 18 heavy (non-hydrogen) atoms. The molecule has 0 aliphatic heterocycles. The molecule has 0 heteroatoms. The van der Waals surface area contributed by atoms with Crippen LogP contribution in [0, 0.1) is 23.7 Å². The highest BCUT2D eigenvalue weighted by Gasteiger charge is 2.26. The third-order valence-electron chi connectivity index (χ3n) is 5.49. The molecule has 0 saturated heterocycles. The second-order valence-electron chi connectivity index (χ2n) is 6.93. The van der Waals surface area contributed by atoms with Gasteiger partial charge in [0.05, 0.1) is 0 Å². The monoisotopic (exact) mass is 248 g/mol. The molecule has 0 spiro atoms. The zero-order valence-corrected chi connectivity index (χ0v) is 12.5. The summed E-state index contributed by atoms with van der Waals surface area (Å²) >= 11 is 0. The van der Waals surface area contributed by atoms with E-state index < -0.39 is 0 Å². The van der Waals surface area contributed by atoms with Crippen molar-refractivity contribution in [2.75, 3.05) is 0 Å². The van der Waals surface area contributed by atoms with Crippen LogP contribution >= 0.6 is 0 Å². The van der Waals surface area contributed by atoms with E-state index in [4.69, 9.17) is 0 Å². The first kappa shape index (κ1) is 14.2. The molecule has 0 N–H and O–H groups in total. The SMILES string of the molecule is C/C=C/C1CCCC(C2CCC(C)CC2)CCC1. The fourth-order valence-electron chi connectivity index (χ4n) is 4.27. The number of hydrogen-bond acceptors (Lipinski definition) is 0. The second kappa shape index (κ2) is 7.36. The van der Waals surface area contributed by atoms with Crippen molar-refractivity contribution in [2.24, 2.45) is 23.7 Å². The van der Waals surface area contributed by atoms with Gasteiger partial charge in [0.15, 0.2) is 0 Å². The van der Waals surface area contributed by atoms with E-state index in [0.717, 1.165) is 23.7 Å². The van der Waals surface area contributed by atoms with Crippen molar-refractivity contribution in [3.8, 4) is 0 Å². The van der Waals surface area contributed by atoms with Gasteiger partial charge < -0.3 is 0 Å². The van der Waals surface area contributed by atoms with Crippen LogP contribution in [0.1, 0.15) is 78.1 Å². The first-order valence-corrected chi connectivity index (χ1v) is 8.42. The zero-order chi connectivity index (χ0) is 12.8. The van der Waals surface area contributed by atoms with E-state index >= 15 is 0 Å². The largest absolute Gasteiger partial charge is 0.0914 e. The van der Waals surface area contributed by atoms with Crippen molar-refractivity contribution in [3.63, 3.8) is 0 Å². The zero-order valence-electron chi connectivity index (χ0n) is 12.5. The Balaban J connectivity index is 1.78. The van der Waals surface area contributed by atoms with Crippen molar-refractivity contribution >= 4 is 0 Å². The lowest BCUT2D eigenvalue weighted by Gasteiger charge is -2.34. The molecule has 2 saturated carbocycles. The number of allylic oxidation sites excluding steroid dienone is 2. The topological polar surface area (TPSA) is 0 Å². The van der Waals surface area contributed by atoms with Crippen LogP contribution in [0.25, 0.3) is 0 Å². The van der Waals surface area contributed by atoms with E-state index in [1.165, 1.54) is 64.2 Å². The smallest absolute Gasteiger partial charge is 0.0234 e. The minimum absolute atomic E-state index is 0.891. The van der Waals surface area contributed by atoms with Gasteiger partial charge in [0.25, 0.3) is 0 Å². The predicted molar refractivity (Wildman–Crippen MR) is 80.6 cm³/mol. The minimum Gasteiger partial charge on any atom is -0.0914 e. The first-order valence-electron chi connectivity index (χ1n) is 8.42. The molecule has 0 bridgehead atoms. The maximum absolute atomic E-state index is 2.45. The lowest BCUT2D eigenvalue weighted by Crippen LogP contribution is -2.22. The van der Waals surface area contributed by atoms with E-state index in [-0.39, 0.29) is 0 Å². The molecule has 0 amide bonds. The summed E-state index contributed by atoms with van der Waals surface area (Å²) in [7, 11) is 0. The van der Waals surface area contributed by atoms with Gasteiger partial charge in [0, 0.05) is 0 Å². The summed E-state index contributed by atoms with van der Waals surface area (Å²) < 4.78 is 0. The van der Waals surface area contributed by atoms with Gasteiger partial charge in [-0.05, 0) is 56.3 Å². The number of hydrogen-bond donors (Lipinski definition) is 0. The van der Waals surface area contributed by atoms with E-state index in [2.05, 4.69) is 26.0 Å². The van der Waals surface area contributed by atoms with Gasteiger partial charge in [-0.2, -0.15) is 0 Å². The molecule has 2 aliphatic rings. The Kier molecular flexibility index (Phi) is 5.79. The Labute approximate surface area is 114 Å². The van der Waals surface area contributed by atoms with Crippen LogP contribution in [0.15, 0.2) is 12.2 Å². The van der Waals surface area contributed by atoms with Crippen LogP contribution < -0.4 is 0 Å². The second-order valence-corrected chi connectivity index (χ2v) is 6.93. The maximum atomic E-state index is 2.45. The summed E-state index contributed by atoms with van der Waals surface area (Å²) in [6, 6.07) is 0. The summed E-state index contributed by atoms with van der Waals surface area (Å²) in [5.74, 6) is 4.06. The quantitative estimate of drug-likeness (QED) is 0.528. The molecule has 2 fully saturated rings. The summed E-state index contributed by atoms with van der Waals surface area (Å²) in [5, 5.41) is 0. The van der Waals surface area contributed by atoms with Gasteiger partial charge >= 0.3 is 0 Å². The van der Waals surface area contributed by atoms with Crippen molar-refractivity contribution in [1.82, 2.24) is 0 Å². The fourth-order valence-corrected chi connectivity index (χ4v) is 4.27. The van der Waals surface area contributed by atoms with E-state index in [1.807, 2.05) is 0 Å². The van der Waals surface area contributed by atoms with Crippen molar-refractivity contribution < 1.29 is 0 Å². The van der Waals surface area contributed by atoms with Gasteiger partial charge in [-0.15, -0.1) is 0 Å². The first-order chi connectivity index (χ1) is 8.79. The van der Waals surface area contributed by atoms with Gasteiger partial charge in [0.1, 0.15) is 0 Å². The molecule has 0 aromatic heterocycles. The van der Waals surface area contributed by atoms with Gasteiger partial charge in [0.2, 0.25) is 0 Å². The lowest BCUT2D eigenvalue weighted by molar-refractivity contribution is 0.178. The predicted octanol–water partition coefficient (Wildman–Crippen LogP) is 5.98. The molecule has 0 atom stereocenters. The standard InChI is InChI=1S/C18H32/c1-3-6-16-7-4-9-17(10-5-8-16)18-13-11-15(2)12-14-18/h3,6,15-18H,4-5,7-14H2,1-2H3/b6-3+. The molecule has 0 aromatic carbocycles. The Morgan fingerprint density at radius 2 is 1.28 bits per heavy atom. The number of rotatable bonds is 2. The minimum atomic E-state index is 0.891. The van der Waals surface area contributed by atoms with Crippen molar-refractivity contribution in [2.45, 2.75) is 78.1 Å². The Bertz CT molecular complexity index is 235. The summed E-state index contributed by atoms with van der Waals surface area (Å²) in [5.41, 5.74) is 0. The molecule has 0 unspecified atom stereocenters. The van der Waals surface area contributed by atoms with Crippen LogP contribution in [0.4, 0.5) is 0 Å². The van der Waals surface area contributed by atoms with Crippen LogP contribution in [-0.4, -0.2) is 0 Å². The van der Waals surface area contributed by atoms with E-state index in [0.29, 0.717) is 0 Å². The molecule has 2 rings (SSSR count). The Hall–Kier alpha value is -0.260. The van der Waals surface area contributed by atoms with E-state index in [9.17, 15) is 0 Å². The van der Waals surface area contributed by atoms with E-state index in [1.54, 1.807) is 0 Å². The maximum Gasteiger partial charge on any atom is -0.0234 e. The Morgan fingerprint density at radius 3 is 1.83 bits per heavy atom. The Morgan fingerprint density at radius 1 is 0.722 bits per heavy atom. The van der Waals surface area contributed by atoms with Crippen molar-refractivity contribution in [1.29, 1.82) is 0 Å². The normalized spacial score (nSPS) is 39.4. The van der Waals surface area contributed by atoms with Gasteiger partial charge in [-0.3, -0.25) is 0 Å². The average Bonchev–Trinajstić information content (AvgIpc) is 2.34. The highest BCUT2D eigenvalue weighted by molar-refractivity contribution is 4.87. The van der Waals surface area contributed by atoms with Crippen molar-refractivity contribution in [3.05, 3.63) is 12.2 Å². The summed E-state index contributed by atoms with van der Waals surface area (Å²) in [6.07, 6.45) is 19.7. The van der Waals surface area contributed by atoms with Crippen LogP contribution in [0.5, 0.6) is 0 Å². The molecule has 0 heterocycles. The van der Waals surface area contributed by atoms with Crippen LogP contribution in [0.2, 0.25) is 0 Å². The average molecular weight is 248 g/mol. The molecule has 104 valence electrons. The molecular weight excluding hydrogens is 216 g/mol. The molecule has 0 radical (unpaired) electrons. The summed E-state index contributed by atoms with van der Waals surface area (Å²) in [4.78, 5) is 0. The lowest BCUT2D eigenvalue weighted by atomic mass is 9.71. The van der Waals surface area contributed by atoms with Gasteiger partial charge in [-0.1, -0.05) is 57.6 Å². The molecule has 0 aromatic rings.